The molecule has 3 aromatic rings. The summed E-state index contributed by atoms with van der Waals surface area (Å²) in [5.74, 6) is 1.46. The molecule has 6 heteroatoms. The first-order valence-electron chi connectivity index (χ1n) is 11.1. The van der Waals surface area contributed by atoms with E-state index in [4.69, 9.17) is 21.1 Å². The topological polar surface area (TPSA) is 46.6 Å². The van der Waals surface area contributed by atoms with E-state index >= 15 is 0 Å². The van der Waals surface area contributed by atoms with Gasteiger partial charge in [0.2, 0.25) is 0 Å². The second-order valence-electron chi connectivity index (χ2n) is 8.18. The number of hydrogen-bond acceptors (Lipinski definition) is 5. The Morgan fingerprint density at radius 2 is 1.75 bits per heavy atom. The molecule has 1 saturated heterocycles. The number of aromatic nitrogens is 1. The minimum Gasteiger partial charge on any atom is -0.493 e. The molecule has 0 bridgehead atoms. The Labute approximate surface area is 195 Å². The number of ether oxygens (including phenoxy) is 2. The lowest BCUT2D eigenvalue weighted by molar-refractivity contribution is 0.190. The fourth-order valence-electron chi connectivity index (χ4n) is 3.99. The van der Waals surface area contributed by atoms with Crippen LogP contribution in [0.3, 0.4) is 0 Å². The summed E-state index contributed by atoms with van der Waals surface area (Å²) in [5, 5.41) is 4.19. The van der Waals surface area contributed by atoms with E-state index in [1.54, 1.807) is 19.4 Å². The van der Waals surface area contributed by atoms with E-state index in [-0.39, 0.29) is 0 Å². The van der Waals surface area contributed by atoms with Crippen LogP contribution in [0.25, 0.3) is 0 Å². The second-order valence-corrected chi connectivity index (χ2v) is 8.57. The highest BCUT2D eigenvalue weighted by atomic mass is 35.5. The molecule has 2 heterocycles. The van der Waals surface area contributed by atoms with Gasteiger partial charge in [-0.2, -0.15) is 0 Å². The highest BCUT2D eigenvalue weighted by molar-refractivity contribution is 6.29. The summed E-state index contributed by atoms with van der Waals surface area (Å²) in [7, 11) is 1.67. The average Bonchev–Trinajstić information content (AvgIpc) is 2.84. The fraction of sp³-hybridized carbons (Fsp3) is 0.346. The predicted molar refractivity (Wildman–Crippen MR) is 128 cm³/mol. The number of nitrogens with zero attached hydrogens (tertiary/aromatic N) is 2. The molecule has 0 unspecified atom stereocenters. The standard InChI is InChI=1S/C26H30ClN3O2/c1-31-25-15-21(7-9-24(25)32-19-22-8-10-26(27)29-17-22)16-28-23-11-13-30(14-12-23)18-20-5-3-2-4-6-20/h2-10,15,17,23,28H,11-14,16,18-19H2,1H3. The Hall–Kier alpha value is -2.60. The van der Waals surface area contributed by atoms with Gasteiger partial charge in [-0.05, 0) is 55.3 Å². The van der Waals surface area contributed by atoms with Crippen LogP contribution in [-0.2, 0) is 19.7 Å². The molecule has 2 aromatic carbocycles. The van der Waals surface area contributed by atoms with Gasteiger partial charge in [-0.3, -0.25) is 4.90 Å². The molecular weight excluding hydrogens is 422 g/mol. The first-order chi connectivity index (χ1) is 15.7. The lowest BCUT2D eigenvalue weighted by Gasteiger charge is -2.32. The van der Waals surface area contributed by atoms with Crippen LogP contribution in [0.15, 0.2) is 66.9 Å². The summed E-state index contributed by atoms with van der Waals surface area (Å²) in [5.41, 5.74) is 3.54. The van der Waals surface area contributed by atoms with Gasteiger partial charge in [0, 0.05) is 30.9 Å². The normalized spacial score (nSPS) is 14.9. The number of likely N-dealkylation sites (tertiary alicyclic amines) is 1. The third kappa shape index (κ3) is 6.45. The summed E-state index contributed by atoms with van der Waals surface area (Å²) in [6.07, 6.45) is 4.05. The molecule has 1 aliphatic rings. The number of methoxy groups -OCH3 is 1. The molecule has 0 aliphatic carbocycles. The van der Waals surface area contributed by atoms with Crippen molar-refractivity contribution in [3.8, 4) is 11.5 Å². The van der Waals surface area contributed by atoms with Gasteiger partial charge in [-0.1, -0.05) is 54.1 Å². The van der Waals surface area contributed by atoms with Crippen molar-refractivity contribution >= 4 is 11.6 Å². The molecule has 0 atom stereocenters. The monoisotopic (exact) mass is 451 g/mol. The van der Waals surface area contributed by atoms with Crippen LogP contribution in [0.4, 0.5) is 0 Å². The molecule has 1 N–H and O–H groups in total. The Bertz CT molecular complexity index is 974. The van der Waals surface area contributed by atoms with Gasteiger partial charge < -0.3 is 14.8 Å². The highest BCUT2D eigenvalue weighted by Crippen LogP contribution is 2.29. The molecule has 4 rings (SSSR count). The smallest absolute Gasteiger partial charge is 0.161 e. The number of benzene rings is 2. The first kappa shape index (κ1) is 22.6. The molecule has 168 valence electrons. The minimum atomic E-state index is 0.416. The Morgan fingerprint density at radius 1 is 0.969 bits per heavy atom. The quantitative estimate of drug-likeness (QED) is 0.460. The van der Waals surface area contributed by atoms with Crippen molar-refractivity contribution in [2.45, 2.75) is 38.6 Å². The lowest BCUT2D eigenvalue weighted by atomic mass is 10.0. The number of rotatable bonds is 9. The third-order valence-electron chi connectivity index (χ3n) is 5.84. The largest absolute Gasteiger partial charge is 0.493 e. The molecule has 0 amide bonds. The second kappa shape index (κ2) is 11.3. The summed E-state index contributed by atoms with van der Waals surface area (Å²) in [6, 6.07) is 21.0. The van der Waals surface area contributed by atoms with Crippen LogP contribution in [0, 0.1) is 0 Å². The Kier molecular flexibility index (Phi) is 7.99. The summed E-state index contributed by atoms with van der Waals surface area (Å²) < 4.78 is 11.5. The number of pyridine rings is 1. The highest BCUT2D eigenvalue weighted by Gasteiger charge is 2.19. The van der Waals surface area contributed by atoms with Crippen LogP contribution in [0.5, 0.6) is 11.5 Å². The summed E-state index contributed by atoms with van der Waals surface area (Å²) >= 11 is 5.84. The van der Waals surface area contributed by atoms with Crippen LogP contribution in [0.2, 0.25) is 5.15 Å². The van der Waals surface area contributed by atoms with Crippen molar-refractivity contribution in [2.75, 3.05) is 20.2 Å². The van der Waals surface area contributed by atoms with Gasteiger partial charge in [0.25, 0.3) is 0 Å². The van der Waals surface area contributed by atoms with E-state index < -0.39 is 0 Å². The number of piperidine rings is 1. The van der Waals surface area contributed by atoms with E-state index in [1.165, 1.54) is 24.0 Å². The molecular formula is C26H30ClN3O2. The molecule has 1 fully saturated rings. The van der Waals surface area contributed by atoms with Crippen molar-refractivity contribution in [1.29, 1.82) is 0 Å². The Morgan fingerprint density at radius 3 is 2.47 bits per heavy atom. The maximum absolute atomic E-state index is 5.93. The van der Waals surface area contributed by atoms with Crippen molar-refractivity contribution in [3.05, 3.63) is 88.7 Å². The molecule has 0 spiro atoms. The van der Waals surface area contributed by atoms with Gasteiger partial charge in [0.05, 0.1) is 7.11 Å². The van der Waals surface area contributed by atoms with E-state index in [2.05, 4.69) is 51.6 Å². The molecule has 32 heavy (non-hydrogen) atoms. The molecule has 1 aromatic heterocycles. The van der Waals surface area contributed by atoms with Gasteiger partial charge in [-0.25, -0.2) is 4.98 Å². The molecule has 0 radical (unpaired) electrons. The van der Waals surface area contributed by atoms with E-state index in [9.17, 15) is 0 Å². The van der Waals surface area contributed by atoms with E-state index in [0.29, 0.717) is 17.8 Å². The number of nitrogens with one attached hydrogen (secondary N) is 1. The molecule has 0 saturated carbocycles. The zero-order chi connectivity index (χ0) is 22.2. The SMILES string of the molecule is COc1cc(CNC2CCN(Cc3ccccc3)CC2)ccc1OCc1ccc(Cl)nc1. The van der Waals surface area contributed by atoms with Crippen LogP contribution in [-0.4, -0.2) is 36.1 Å². The van der Waals surface area contributed by atoms with Gasteiger partial charge in [-0.15, -0.1) is 0 Å². The zero-order valence-electron chi connectivity index (χ0n) is 18.5. The molecule has 1 aliphatic heterocycles. The summed E-state index contributed by atoms with van der Waals surface area (Å²) in [6.45, 7) is 4.53. The summed E-state index contributed by atoms with van der Waals surface area (Å²) in [4.78, 5) is 6.63. The van der Waals surface area contributed by atoms with Crippen molar-refractivity contribution in [2.24, 2.45) is 0 Å². The van der Waals surface area contributed by atoms with Crippen LogP contribution >= 0.6 is 11.6 Å². The van der Waals surface area contributed by atoms with Crippen LogP contribution in [0.1, 0.15) is 29.5 Å². The zero-order valence-corrected chi connectivity index (χ0v) is 19.2. The number of hydrogen-bond donors (Lipinski definition) is 1. The fourth-order valence-corrected chi connectivity index (χ4v) is 4.10. The minimum absolute atomic E-state index is 0.416. The maximum Gasteiger partial charge on any atom is 0.161 e. The predicted octanol–water partition coefficient (Wildman–Crippen LogP) is 5.08. The van der Waals surface area contributed by atoms with Gasteiger partial charge in [0.1, 0.15) is 11.8 Å². The van der Waals surface area contributed by atoms with Crippen molar-refractivity contribution < 1.29 is 9.47 Å². The van der Waals surface area contributed by atoms with Crippen LogP contribution < -0.4 is 14.8 Å². The Balaban J connectivity index is 1.24. The van der Waals surface area contributed by atoms with Gasteiger partial charge >= 0.3 is 0 Å². The molecule has 5 nitrogen and oxygen atoms in total. The van der Waals surface area contributed by atoms with E-state index in [1.807, 2.05) is 18.2 Å². The first-order valence-corrected chi connectivity index (χ1v) is 11.5. The van der Waals surface area contributed by atoms with E-state index in [0.717, 1.165) is 43.2 Å². The lowest BCUT2D eigenvalue weighted by Crippen LogP contribution is -2.41. The number of halogens is 1. The van der Waals surface area contributed by atoms with Gasteiger partial charge in [0.15, 0.2) is 11.5 Å². The average molecular weight is 452 g/mol. The van der Waals surface area contributed by atoms with Crippen molar-refractivity contribution in [3.63, 3.8) is 0 Å². The van der Waals surface area contributed by atoms with Crippen molar-refractivity contribution in [1.82, 2.24) is 15.2 Å². The third-order valence-corrected chi connectivity index (χ3v) is 6.07. The maximum atomic E-state index is 5.93.